The summed E-state index contributed by atoms with van der Waals surface area (Å²) in [6, 6.07) is 0.779. The highest BCUT2D eigenvalue weighted by Gasteiger charge is 2.39. The topological polar surface area (TPSA) is 41.3 Å². The molecule has 1 aromatic rings. The molecule has 2 fully saturated rings. The molecule has 112 valence electrons. The average molecular weight is 277 g/mol. The molecule has 20 heavy (non-hydrogen) atoms. The lowest BCUT2D eigenvalue weighted by atomic mass is 9.88. The molecule has 0 radical (unpaired) electrons. The van der Waals surface area contributed by atoms with Gasteiger partial charge in [0.25, 0.3) is 6.01 Å². The van der Waals surface area contributed by atoms with E-state index in [0.29, 0.717) is 0 Å². The molecule has 0 aromatic carbocycles. The molecule has 4 heteroatoms. The van der Waals surface area contributed by atoms with Gasteiger partial charge in [0.15, 0.2) is 0 Å². The lowest BCUT2D eigenvalue weighted by Gasteiger charge is -2.26. The first kappa shape index (κ1) is 13.9. The predicted octanol–water partition coefficient (Wildman–Crippen LogP) is 3.05. The van der Waals surface area contributed by atoms with Crippen LogP contribution >= 0.6 is 0 Å². The Bertz CT molecular complexity index is 431. The van der Waals surface area contributed by atoms with E-state index in [4.69, 9.17) is 4.42 Å². The van der Waals surface area contributed by atoms with Gasteiger partial charge in [-0.15, -0.1) is 0 Å². The number of nitrogens with one attached hydrogen (secondary N) is 1. The fourth-order valence-corrected chi connectivity index (χ4v) is 3.98. The van der Waals surface area contributed by atoms with Crippen LogP contribution in [0.15, 0.2) is 10.7 Å². The number of fused-ring (bicyclic) bond motifs is 2. The number of oxazole rings is 1. The van der Waals surface area contributed by atoms with Crippen molar-refractivity contribution < 1.29 is 4.42 Å². The third-order valence-corrected chi connectivity index (χ3v) is 4.99. The van der Waals surface area contributed by atoms with Gasteiger partial charge < -0.3 is 14.6 Å². The molecule has 4 nitrogen and oxygen atoms in total. The Morgan fingerprint density at radius 3 is 3.00 bits per heavy atom. The maximum atomic E-state index is 5.62. The molecular weight excluding hydrogens is 250 g/mol. The Kier molecular flexibility index (Phi) is 4.29. The lowest BCUT2D eigenvalue weighted by molar-refractivity contribution is 0.332. The lowest BCUT2D eigenvalue weighted by Crippen LogP contribution is -2.28. The van der Waals surface area contributed by atoms with Gasteiger partial charge in [0.2, 0.25) is 0 Å². The van der Waals surface area contributed by atoms with Crippen LogP contribution in [0.5, 0.6) is 0 Å². The Labute approximate surface area is 121 Å². The Morgan fingerprint density at radius 2 is 2.30 bits per heavy atom. The minimum Gasteiger partial charge on any atom is -0.432 e. The molecule has 3 rings (SSSR count). The SMILES string of the molecule is CCCNCc1coc(N(C)CC2CC3CCC2C3)n1. The Balaban J connectivity index is 1.50. The van der Waals surface area contributed by atoms with Crippen LogP contribution in [-0.4, -0.2) is 25.1 Å². The van der Waals surface area contributed by atoms with Gasteiger partial charge in [-0.25, -0.2) is 0 Å². The summed E-state index contributed by atoms with van der Waals surface area (Å²) in [5, 5.41) is 3.36. The molecule has 1 N–H and O–H groups in total. The van der Waals surface area contributed by atoms with Crippen LogP contribution in [0.25, 0.3) is 0 Å². The van der Waals surface area contributed by atoms with Crippen LogP contribution in [-0.2, 0) is 6.54 Å². The van der Waals surface area contributed by atoms with E-state index in [9.17, 15) is 0 Å². The van der Waals surface area contributed by atoms with E-state index in [1.54, 1.807) is 6.26 Å². The second-order valence-electron chi connectivity index (χ2n) is 6.61. The third kappa shape index (κ3) is 3.00. The maximum absolute atomic E-state index is 5.62. The molecular formula is C16H27N3O. The molecule has 0 amide bonds. The molecule has 0 saturated heterocycles. The molecule has 0 spiro atoms. The Morgan fingerprint density at radius 1 is 1.40 bits per heavy atom. The highest BCUT2D eigenvalue weighted by Crippen LogP contribution is 2.48. The van der Waals surface area contributed by atoms with Crippen molar-refractivity contribution in [1.29, 1.82) is 0 Å². The molecule has 3 unspecified atom stereocenters. The molecule has 1 heterocycles. The smallest absolute Gasteiger partial charge is 0.297 e. The summed E-state index contributed by atoms with van der Waals surface area (Å²) in [5.41, 5.74) is 1.01. The van der Waals surface area contributed by atoms with E-state index in [1.165, 1.54) is 25.7 Å². The van der Waals surface area contributed by atoms with Crippen molar-refractivity contribution in [2.75, 3.05) is 25.0 Å². The molecule has 0 aliphatic heterocycles. The zero-order valence-corrected chi connectivity index (χ0v) is 12.8. The summed E-state index contributed by atoms with van der Waals surface area (Å²) in [4.78, 5) is 6.79. The van der Waals surface area contributed by atoms with Crippen LogP contribution in [0.1, 0.15) is 44.7 Å². The van der Waals surface area contributed by atoms with Crippen molar-refractivity contribution in [3.8, 4) is 0 Å². The first-order valence-corrected chi connectivity index (χ1v) is 8.12. The van der Waals surface area contributed by atoms with E-state index in [1.807, 2.05) is 0 Å². The average Bonchev–Trinajstić information content (AvgIpc) is 3.14. The first-order valence-electron chi connectivity index (χ1n) is 8.12. The molecule has 3 atom stereocenters. The van der Waals surface area contributed by atoms with Crippen LogP contribution in [0.3, 0.4) is 0 Å². The zero-order chi connectivity index (χ0) is 13.9. The second kappa shape index (κ2) is 6.17. The van der Waals surface area contributed by atoms with Gasteiger partial charge in [0.1, 0.15) is 6.26 Å². The van der Waals surface area contributed by atoms with Gasteiger partial charge in [0.05, 0.1) is 5.69 Å². The van der Waals surface area contributed by atoms with Gasteiger partial charge in [-0.2, -0.15) is 4.98 Å². The first-order chi connectivity index (χ1) is 9.76. The second-order valence-corrected chi connectivity index (χ2v) is 6.61. The standard InChI is InChI=1S/C16H27N3O/c1-3-6-17-9-15-11-20-16(18-15)19(2)10-14-8-12-4-5-13(14)7-12/h11-14,17H,3-10H2,1-2H3. The molecule has 2 saturated carbocycles. The highest BCUT2D eigenvalue weighted by molar-refractivity contribution is 5.25. The van der Waals surface area contributed by atoms with Crippen molar-refractivity contribution in [2.45, 2.75) is 45.6 Å². The third-order valence-electron chi connectivity index (χ3n) is 4.99. The normalized spacial score (nSPS) is 28.2. The van der Waals surface area contributed by atoms with Crippen LogP contribution in [0, 0.1) is 17.8 Å². The van der Waals surface area contributed by atoms with E-state index in [0.717, 1.165) is 55.5 Å². The summed E-state index contributed by atoms with van der Waals surface area (Å²) in [5.74, 6) is 2.83. The number of rotatable bonds is 7. The quantitative estimate of drug-likeness (QED) is 0.778. The van der Waals surface area contributed by atoms with Gasteiger partial charge >= 0.3 is 0 Å². The van der Waals surface area contributed by atoms with Gasteiger partial charge in [0, 0.05) is 20.1 Å². The van der Waals surface area contributed by atoms with E-state index < -0.39 is 0 Å². The molecule has 1 aromatic heterocycles. The van der Waals surface area contributed by atoms with E-state index >= 15 is 0 Å². The van der Waals surface area contributed by atoms with Gasteiger partial charge in [-0.3, -0.25) is 0 Å². The van der Waals surface area contributed by atoms with E-state index in [-0.39, 0.29) is 0 Å². The number of aromatic nitrogens is 1. The predicted molar refractivity (Wildman–Crippen MR) is 80.7 cm³/mol. The number of hydrogen-bond acceptors (Lipinski definition) is 4. The van der Waals surface area contributed by atoms with Gasteiger partial charge in [-0.1, -0.05) is 13.3 Å². The van der Waals surface area contributed by atoms with E-state index in [2.05, 4.69) is 29.2 Å². The monoisotopic (exact) mass is 277 g/mol. The minimum absolute atomic E-state index is 0.779. The molecule has 2 aliphatic rings. The van der Waals surface area contributed by atoms with Crippen molar-refractivity contribution >= 4 is 6.01 Å². The van der Waals surface area contributed by atoms with Crippen molar-refractivity contribution in [1.82, 2.24) is 10.3 Å². The largest absolute Gasteiger partial charge is 0.432 e. The summed E-state index contributed by atoms with van der Waals surface area (Å²) < 4.78 is 5.62. The van der Waals surface area contributed by atoms with Crippen LogP contribution < -0.4 is 10.2 Å². The zero-order valence-electron chi connectivity index (χ0n) is 12.8. The van der Waals surface area contributed by atoms with Crippen LogP contribution in [0.4, 0.5) is 6.01 Å². The fraction of sp³-hybridized carbons (Fsp3) is 0.812. The summed E-state index contributed by atoms with van der Waals surface area (Å²) in [6.07, 6.45) is 8.74. The van der Waals surface area contributed by atoms with Crippen molar-refractivity contribution in [3.05, 3.63) is 12.0 Å². The number of hydrogen-bond donors (Lipinski definition) is 1. The van der Waals surface area contributed by atoms with Crippen molar-refractivity contribution in [3.63, 3.8) is 0 Å². The van der Waals surface area contributed by atoms with Crippen molar-refractivity contribution in [2.24, 2.45) is 17.8 Å². The Hall–Kier alpha value is -1.03. The highest BCUT2D eigenvalue weighted by atomic mass is 16.4. The minimum atomic E-state index is 0.779. The maximum Gasteiger partial charge on any atom is 0.297 e. The van der Waals surface area contributed by atoms with Gasteiger partial charge in [-0.05, 0) is 50.0 Å². The fourth-order valence-electron chi connectivity index (χ4n) is 3.98. The summed E-state index contributed by atoms with van der Waals surface area (Å²) in [6.45, 7) is 5.11. The summed E-state index contributed by atoms with van der Waals surface area (Å²) >= 11 is 0. The molecule has 2 aliphatic carbocycles. The number of anilines is 1. The summed E-state index contributed by atoms with van der Waals surface area (Å²) in [7, 11) is 2.11. The molecule has 2 bridgehead atoms. The van der Waals surface area contributed by atoms with Crippen LogP contribution in [0.2, 0.25) is 0 Å². The number of nitrogens with zero attached hydrogens (tertiary/aromatic N) is 2.